The van der Waals surface area contributed by atoms with Crippen LogP contribution in [0.4, 0.5) is 11.4 Å². The number of para-hydroxylation sites is 2. The average Bonchev–Trinajstić information content (AvgIpc) is 3.37. The molecule has 45 heavy (non-hydrogen) atoms. The van der Waals surface area contributed by atoms with Gasteiger partial charge in [-0.15, -0.1) is 0 Å². The van der Waals surface area contributed by atoms with Gasteiger partial charge in [-0.2, -0.15) is 15.6 Å². The molecule has 0 bridgehead atoms. The van der Waals surface area contributed by atoms with Gasteiger partial charge >= 0.3 is 0 Å². The van der Waals surface area contributed by atoms with Crippen molar-refractivity contribution in [1.29, 1.82) is 10.5 Å². The van der Waals surface area contributed by atoms with E-state index in [1.807, 2.05) is 30.3 Å². The fourth-order valence-corrected chi connectivity index (χ4v) is 5.73. The highest BCUT2D eigenvalue weighted by Gasteiger charge is 2.39. The van der Waals surface area contributed by atoms with Gasteiger partial charge in [0.25, 0.3) is 11.8 Å². The maximum atomic E-state index is 14.4. The molecule has 0 spiro atoms. The molecule has 0 radical (unpaired) electrons. The second kappa shape index (κ2) is 13.2. The van der Waals surface area contributed by atoms with Crippen molar-refractivity contribution in [2.45, 2.75) is 25.6 Å². The van der Waals surface area contributed by atoms with Crippen molar-refractivity contribution >= 4 is 51.2 Å². The number of nitrogens with one attached hydrogen (secondary N) is 2. The zero-order valence-corrected chi connectivity index (χ0v) is 25.7. The lowest BCUT2D eigenvalue weighted by molar-refractivity contribution is -0.128. The van der Waals surface area contributed by atoms with Gasteiger partial charge in [0.15, 0.2) is 5.75 Å². The van der Waals surface area contributed by atoms with E-state index in [-0.39, 0.29) is 30.1 Å². The Kier molecular flexibility index (Phi) is 9.16. The van der Waals surface area contributed by atoms with Crippen LogP contribution in [0.1, 0.15) is 23.7 Å². The first-order chi connectivity index (χ1) is 21.7. The van der Waals surface area contributed by atoms with E-state index in [2.05, 4.69) is 22.8 Å². The predicted octanol–water partition coefficient (Wildman–Crippen LogP) is 2.12. The zero-order chi connectivity index (χ0) is 32.2. The maximum Gasteiger partial charge on any atom is 0.277 e. The highest BCUT2D eigenvalue weighted by atomic mass is 32.2. The number of hydrogen-bond donors (Lipinski definition) is 2. The number of amides is 3. The Labute approximate surface area is 263 Å². The van der Waals surface area contributed by atoms with Crippen LogP contribution in [0.5, 0.6) is 0 Å². The molecule has 0 aliphatic carbocycles. The molecule has 0 saturated carbocycles. The quantitative estimate of drug-likeness (QED) is 0.282. The van der Waals surface area contributed by atoms with Gasteiger partial charge in [-0.05, 0) is 61.5 Å². The van der Waals surface area contributed by atoms with Gasteiger partial charge in [-0.3, -0.25) is 14.4 Å². The first kappa shape index (κ1) is 31.2. The number of benzene rings is 3. The molecule has 4 aromatic rings. The van der Waals surface area contributed by atoms with Crippen LogP contribution in [0.25, 0.3) is 16.6 Å². The third-order valence-electron chi connectivity index (χ3n) is 7.61. The molecule has 1 aromatic heterocycles. The minimum Gasteiger partial charge on any atom is -0.616 e. The molecule has 228 valence electrons. The highest BCUT2D eigenvalue weighted by molar-refractivity contribution is 7.91. The number of carbonyl (C=O) groups excluding carboxylic acids is 3. The predicted molar refractivity (Wildman–Crippen MR) is 170 cm³/mol. The number of rotatable bonds is 8. The third-order valence-corrected chi connectivity index (χ3v) is 8.26. The van der Waals surface area contributed by atoms with Gasteiger partial charge in [-0.25, -0.2) is 4.68 Å². The summed E-state index contributed by atoms with van der Waals surface area (Å²) >= 11 is -1.49. The lowest BCUT2D eigenvalue weighted by Gasteiger charge is -2.26. The molecule has 1 aliphatic rings. The maximum absolute atomic E-state index is 14.4. The molecule has 5 rings (SSSR count). The molecular formula is C32H30N8O4S. The van der Waals surface area contributed by atoms with Crippen LogP contribution in [0, 0.1) is 22.7 Å². The SMILES string of the molecule is CN[C@@H](C)C(=O)N[C@H]1CN(C(=O)C[S+](C)[O-])c2cc(C#N)ccc2N(Cc2nn(-c3ccccc3C#N)c3ccccc23)C1=O. The third kappa shape index (κ3) is 6.23. The van der Waals surface area contributed by atoms with Crippen molar-refractivity contribution in [3.05, 3.63) is 83.6 Å². The highest BCUT2D eigenvalue weighted by Crippen LogP contribution is 2.36. The summed E-state index contributed by atoms with van der Waals surface area (Å²) in [6, 6.07) is 21.6. The van der Waals surface area contributed by atoms with Crippen LogP contribution in [0.3, 0.4) is 0 Å². The van der Waals surface area contributed by atoms with Crippen LogP contribution >= 0.6 is 0 Å². The van der Waals surface area contributed by atoms with E-state index in [9.17, 15) is 29.5 Å². The van der Waals surface area contributed by atoms with Crippen LogP contribution in [0.15, 0.2) is 66.7 Å². The topological polar surface area (TPSA) is 170 Å². The summed E-state index contributed by atoms with van der Waals surface area (Å²) in [6.45, 7) is 1.35. The second-order valence-electron chi connectivity index (χ2n) is 10.5. The number of hydrogen-bond acceptors (Lipinski definition) is 8. The summed E-state index contributed by atoms with van der Waals surface area (Å²) in [6.07, 6.45) is 1.40. The lowest BCUT2D eigenvalue weighted by atomic mass is 10.1. The monoisotopic (exact) mass is 622 g/mol. The van der Waals surface area contributed by atoms with Crippen molar-refractivity contribution in [1.82, 2.24) is 20.4 Å². The van der Waals surface area contributed by atoms with E-state index in [1.54, 1.807) is 49.0 Å². The zero-order valence-electron chi connectivity index (χ0n) is 24.9. The minimum atomic E-state index is -1.49. The summed E-state index contributed by atoms with van der Waals surface area (Å²) in [5.41, 5.74) is 3.06. The Hall–Kier alpha value is -5.21. The molecule has 0 fully saturated rings. The van der Waals surface area contributed by atoms with Crippen LogP contribution in [0.2, 0.25) is 0 Å². The van der Waals surface area contributed by atoms with Gasteiger partial charge < -0.3 is 25.0 Å². The van der Waals surface area contributed by atoms with E-state index >= 15 is 0 Å². The second-order valence-corrected chi connectivity index (χ2v) is 12.0. The molecule has 2 heterocycles. The number of nitriles is 2. The Morgan fingerprint density at radius 3 is 2.51 bits per heavy atom. The summed E-state index contributed by atoms with van der Waals surface area (Å²) in [5, 5.41) is 30.7. The van der Waals surface area contributed by atoms with Crippen LogP contribution < -0.4 is 20.4 Å². The van der Waals surface area contributed by atoms with Crippen molar-refractivity contribution < 1.29 is 18.9 Å². The van der Waals surface area contributed by atoms with E-state index in [0.29, 0.717) is 28.1 Å². The molecular weight excluding hydrogens is 592 g/mol. The molecule has 12 nitrogen and oxygen atoms in total. The fraction of sp³-hybridized carbons (Fsp3) is 0.250. The molecule has 3 atom stereocenters. The molecule has 1 unspecified atom stereocenters. The normalized spacial score (nSPS) is 15.9. The summed E-state index contributed by atoms with van der Waals surface area (Å²) in [5.74, 6) is -1.79. The molecule has 3 amide bonds. The van der Waals surface area contributed by atoms with E-state index in [4.69, 9.17) is 5.10 Å². The molecule has 3 aromatic carbocycles. The Bertz CT molecular complexity index is 1870. The Morgan fingerprint density at radius 2 is 1.80 bits per heavy atom. The van der Waals surface area contributed by atoms with E-state index in [0.717, 1.165) is 5.39 Å². The van der Waals surface area contributed by atoms with Crippen molar-refractivity contribution in [2.75, 3.05) is 35.4 Å². The Balaban J connectivity index is 1.67. The van der Waals surface area contributed by atoms with Gasteiger partial charge in [0.05, 0.1) is 70.9 Å². The Morgan fingerprint density at radius 1 is 1.07 bits per heavy atom. The smallest absolute Gasteiger partial charge is 0.277 e. The van der Waals surface area contributed by atoms with Gasteiger partial charge in [-0.1, -0.05) is 30.3 Å². The average molecular weight is 623 g/mol. The summed E-state index contributed by atoms with van der Waals surface area (Å²) in [4.78, 5) is 43.6. The number of carbonyl (C=O) groups is 3. The number of aromatic nitrogens is 2. The molecule has 0 saturated heterocycles. The van der Waals surface area contributed by atoms with Gasteiger partial charge in [0, 0.05) is 5.39 Å². The molecule has 1 aliphatic heterocycles. The molecule has 2 N–H and O–H groups in total. The fourth-order valence-electron chi connectivity index (χ4n) is 5.22. The lowest BCUT2D eigenvalue weighted by Crippen LogP contribution is -2.56. The number of likely N-dealkylation sites (N-methyl/N-ethyl adjacent to an activating group) is 1. The number of nitrogens with zero attached hydrogens (tertiary/aromatic N) is 6. The first-order valence-corrected chi connectivity index (χ1v) is 15.8. The number of anilines is 2. The van der Waals surface area contributed by atoms with Crippen molar-refractivity contribution in [3.8, 4) is 17.8 Å². The largest absolute Gasteiger partial charge is 0.616 e. The first-order valence-electron chi connectivity index (χ1n) is 14.1. The number of fused-ring (bicyclic) bond motifs is 2. The van der Waals surface area contributed by atoms with E-state index in [1.165, 1.54) is 22.1 Å². The summed E-state index contributed by atoms with van der Waals surface area (Å²) < 4.78 is 13.7. The van der Waals surface area contributed by atoms with Crippen LogP contribution in [-0.4, -0.2) is 69.7 Å². The minimum absolute atomic E-state index is 0.0599. The van der Waals surface area contributed by atoms with Gasteiger partial charge in [0.1, 0.15) is 12.1 Å². The van der Waals surface area contributed by atoms with E-state index < -0.39 is 41.0 Å². The van der Waals surface area contributed by atoms with Crippen molar-refractivity contribution in [2.24, 2.45) is 0 Å². The van der Waals surface area contributed by atoms with Crippen molar-refractivity contribution in [3.63, 3.8) is 0 Å². The standard InChI is InChI=1S/C32H30N8O4S/c1-20(35-2)31(42)36-25-18-38(30(41)19-45(3)44)29-14-21(15-33)12-13-28(29)39(32(25)43)17-24-23-9-5-7-11-27(23)40(37-24)26-10-6-4-8-22(26)16-34/h4-14,20,25,35H,17-19H2,1-3H3,(H,36,42)/t20-,25-,45?/m0/s1. The summed E-state index contributed by atoms with van der Waals surface area (Å²) in [7, 11) is 1.61. The van der Waals surface area contributed by atoms with Crippen LogP contribution in [-0.2, 0) is 32.1 Å². The van der Waals surface area contributed by atoms with Gasteiger partial charge in [0.2, 0.25) is 5.91 Å². The molecule has 13 heteroatoms.